The summed E-state index contributed by atoms with van der Waals surface area (Å²) in [5, 5.41) is 3.21. The van der Waals surface area contributed by atoms with Crippen LogP contribution in [-0.2, 0) is 0 Å². The SMILES string of the molecule is Nc1cccc(Nc2ccccc2I)n1. The van der Waals surface area contributed by atoms with Gasteiger partial charge in [-0.1, -0.05) is 18.2 Å². The molecule has 0 aliphatic carbocycles. The van der Waals surface area contributed by atoms with E-state index in [4.69, 9.17) is 5.73 Å². The number of nitrogens with one attached hydrogen (secondary N) is 1. The molecule has 4 heteroatoms. The molecular weight excluding hydrogens is 301 g/mol. The Labute approximate surface area is 102 Å². The summed E-state index contributed by atoms with van der Waals surface area (Å²) >= 11 is 2.27. The van der Waals surface area contributed by atoms with Crippen LogP contribution in [0, 0.1) is 3.57 Å². The molecule has 0 aliphatic heterocycles. The molecule has 76 valence electrons. The zero-order valence-corrected chi connectivity index (χ0v) is 10.1. The van der Waals surface area contributed by atoms with E-state index in [9.17, 15) is 0 Å². The Morgan fingerprint density at radius 2 is 1.87 bits per heavy atom. The number of aromatic nitrogens is 1. The molecule has 15 heavy (non-hydrogen) atoms. The molecule has 3 nitrogen and oxygen atoms in total. The van der Waals surface area contributed by atoms with E-state index in [1.165, 1.54) is 0 Å². The number of benzene rings is 1. The quantitative estimate of drug-likeness (QED) is 0.838. The lowest BCUT2D eigenvalue weighted by molar-refractivity contribution is 1.31. The van der Waals surface area contributed by atoms with Gasteiger partial charge in [0.15, 0.2) is 0 Å². The number of nitrogen functional groups attached to an aromatic ring is 1. The van der Waals surface area contributed by atoms with Crippen molar-refractivity contribution in [2.75, 3.05) is 11.1 Å². The summed E-state index contributed by atoms with van der Waals surface area (Å²) in [7, 11) is 0. The minimum absolute atomic E-state index is 0.519. The molecule has 0 atom stereocenters. The van der Waals surface area contributed by atoms with Gasteiger partial charge in [0.25, 0.3) is 0 Å². The van der Waals surface area contributed by atoms with Crippen molar-refractivity contribution in [3.63, 3.8) is 0 Å². The van der Waals surface area contributed by atoms with Crippen molar-refractivity contribution in [3.8, 4) is 0 Å². The Morgan fingerprint density at radius 1 is 1.07 bits per heavy atom. The Bertz CT molecular complexity index is 471. The van der Waals surface area contributed by atoms with Crippen LogP contribution in [-0.4, -0.2) is 4.98 Å². The highest BCUT2D eigenvalue weighted by Gasteiger charge is 1.99. The molecule has 0 saturated carbocycles. The number of anilines is 3. The number of hydrogen-bond donors (Lipinski definition) is 2. The monoisotopic (exact) mass is 311 g/mol. The summed E-state index contributed by atoms with van der Waals surface area (Å²) < 4.78 is 1.15. The summed E-state index contributed by atoms with van der Waals surface area (Å²) in [5.41, 5.74) is 6.64. The van der Waals surface area contributed by atoms with Crippen LogP contribution in [0.15, 0.2) is 42.5 Å². The summed E-state index contributed by atoms with van der Waals surface area (Å²) in [6.45, 7) is 0. The van der Waals surface area contributed by atoms with E-state index >= 15 is 0 Å². The van der Waals surface area contributed by atoms with Crippen molar-refractivity contribution in [3.05, 3.63) is 46.0 Å². The standard InChI is InChI=1S/C11H10IN3/c12-8-4-1-2-5-9(8)14-11-7-3-6-10(13)15-11/h1-7H,(H3,13,14,15). The molecular formula is C11H10IN3. The van der Waals surface area contributed by atoms with Gasteiger partial charge < -0.3 is 11.1 Å². The van der Waals surface area contributed by atoms with Crippen molar-refractivity contribution in [2.45, 2.75) is 0 Å². The summed E-state index contributed by atoms with van der Waals surface area (Å²) in [4.78, 5) is 4.17. The van der Waals surface area contributed by atoms with E-state index in [0.29, 0.717) is 5.82 Å². The molecule has 1 aromatic heterocycles. The number of para-hydroxylation sites is 1. The molecule has 0 amide bonds. The number of pyridine rings is 1. The fourth-order valence-electron chi connectivity index (χ4n) is 1.22. The van der Waals surface area contributed by atoms with Crippen LogP contribution in [0.1, 0.15) is 0 Å². The average molecular weight is 311 g/mol. The minimum Gasteiger partial charge on any atom is -0.384 e. The second-order valence-electron chi connectivity index (χ2n) is 3.05. The summed E-state index contributed by atoms with van der Waals surface area (Å²) in [6, 6.07) is 13.6. The van der Waals surface area contributed by atoms with Gasteiger partial charge in [-0.3, -0.25) is 0 Å². The van der Waals surface area contributed by atoms with Gasteiger partial charge in [-0.2, -0.15) is 0 Å². The molecule has 0 bridgehead atoms. The molecule has 2 aromatic rings. The van der Waals surface area contributed by atoms with Crippen molar-refractivity contribution >= 4 is 39.9 Å². The number of hydrogen-bond acceptors (Lipinski definition) is 3. The third-order valence-corrected chi connectivity index (χ3v) is 2.85. The highest BCUT2D eigenvalue weighted by atomic mass is 127. The van der Waals surface area contributed by atoms with Crippen molar-refractivity contribution < 1.29 is 0 Å². The predicted octanol–water partition coefficient (Wildman–Crippen LogP) is 3.01. The van der Waals surface area contributed by atoms with Gasteiger partial charge >= 0.3 is 0 Å². The fraction of sp³-hybridized carbons (Fsp3) is 0. The predicted molar refractivity (Wildman–Crippen MR) is 71.1 cm³/mol. The minimum atomic E-state index is 0.519. The van der Waals surface area contributed by atoms with Crippen LogP contribution < -0.4 is 11.1 Å². The third-order valence-electron chi connectivity index (χ3n) is 1.91. The zero-order valence-electron chi connectivity index (χ0n) is 7.94. The van der Waals surface area contributed by atoms with E-state index < -0.39 is 0 Å². The largest absolute Gasteiger partial charge is 0.384 e. The van der Waals surface area contributed by atoms with Crippen molar-refractivity contribution in [1.82, 2.24) is 4.98 Å². The second-order valence-corrected chi connectivity index (χ2v) is 4.21. The van der Waals surface area contributed by atoms with E-state index in [1.807, 2.05) is 36.4 Å². The maximum Gasteiger partial charge on any atom is 0.132 e. The maximum absolute atomic E-state index is 5.60. The fourth-order valence-corrected chi connectivity index (χ4v) is 1.74. The van der Waals surface area contributed by atoms with Gasteiger partial charge in [0.05, 0.1) is 5.69 Å². The molecule has 0 spiro atoms. The molecule has 2 rings (SSSR count). The topological polar surface area (TPSA) is 50.9 Å². The zero-order chi connectivity index (χ0) is 10.7. The number of rotatable bonds is 2. The Morgan fingerprint density at radius 3 is 2.60 bits per heavy atom. The van der Waals surface area contributed by atoms with Crippen molar-refractivity contribution in [2.24, 2.45) is 0 Å². The van der Waals surface area contributed by atoms with Gasteiger partial charge in [0.1, 0.15) is 11.6 Å². The lowest BCUT2D eigenvalue weighted by atomic mass is 10.3. The first-order valence-corrected chi connectivity index (χ1v) is 5.57. The van der Waals surface area contributed by atoms with Crippen LogP contribution >= 0.6 is 22.6 Å². The van der Waals surface area contributed by atoms with Crippen LogP contribution in [0.3, 0.4) is 0 Å². The van der Waals surface area contributed by atoms with Gasteiger partial charge in [0.2, 0.25) is 0 Å². The first-order valence-electron chi connectivity index (χ1n) is 4.50. The number of nitrogens with two attached hydrogens (primary N) is 1. The lowest BCUT2D eigenvalue weighted by Crippen LogP contribution is -1.97. The molecule has 0 fully saturated rings. The first kappa shape index (κ1) is 10.2. The molecule has 0 unspecified atom stereocenters. The number of nitrogens with zero attached hydrogens (tertiary/aromatic N) is 1. The van der Waals surface area contributed by atoms with Crippen molar-refractivity contribution in [1.29, 1.82) is 0 Å². The first-order chi connectivity index (χ1) is 7.25. The van der Waals surface area contributed by atoms with E-state index in [2.05, 4.69) is 32.9 Å². The van der Waals surface area contributed by atoms with Crippen LogP contribution in [0.4, 0.5) is 17.3 Å². The maximum atomic E-state index is 5.60. The molecule has 1 heterocycles. The van der Waals surface area contributed by atoms with Crippen LogP contribution in [0.2, 0.25) is 0 Å². The van der Waals surface area contributed by atoms with E-state index in [-0.39, 0.29) is 0 Å². The third kappa shape index (κ3) is 2.59. The van der Waals surface area contributed by atoms with Gasteiger partial charge in [0, 0.05) is 3.57 Å². The lowest BCUT2D eigenvalue weighted by Gasteiger charge is -2.07. The smallest absolute Gasteiger partial charge is 0.132 e. The Balaban J connectivity index is 2.26. The highest BCUT2D eigenvalue weighted by molar-refractivity contribution is 14.1. The number of halogens is 1. The molecule has 3 N–H and O–H groups in total. The Hall–Kier alpha value is -1.30. The molecule has 1 aromatic carbocycles. The molecule has 0 saturated heterocycles. The van der Waals surface area contributed by atoms with E-state index in [0.717, 1.165) is 15.1 Å². The van der Waals surface area contributed by atoms with Crippen LogP contribution in [0.5, 0.6) is 0 Å². The molecule has 0 radical (unpaired) electrons. The average Bonchev–Trinajstić information content (AvgIpc) is 2.22. The normalized spacial score (nSPS) is 9.93. The van der Waals surface area contributed by atoms with E-state index in [1.54, 1.807) is 6.07 Å². The van der Waals surface area contributed by atoms with Crippen LogP contribution in [0.25, 0.3) is 0 Å². The van der Waals surface area contributed by atoms with Gasteiger partial charge in [-0.15, -0.1) is 0 Å². The molecule has 0 aliphatic rings. The summed E-state index contributed by atoms with van der Waals surface area (Å²) in [5.74, 6) is 1.28. The summed E-state index contributed by atoms with van der Waals surface area (Å²) in [6.07, 6.45) is 0. The second kappa shape index (κ2) is 4.48. The van der Waals surface area contributed by atoms with Gasteiger partial charge in [-0.05, 0) is 46.9 Å². The van der Waals surface area contributed by atoms with Gasteiger partial charge in [-0.25, -0.2) is 4.98 Å². The Kier molecular flexibility index (Phi) is 3.05. The highest BCUT2D eigenvalue weighted by Crippen LogP contribution is 2.21.